The molecule has 88 valence electrons. The van der Waals surface area contributed by atoms with Crippen LogP contribution in [0.4, 0.5) is 0 Å². The first-order valence-electron chi connectivity index (χ1n) is 4.96. The lowest BCUT2D eigenvalue weighted by Gasteiger charge is -2.09. The number of hydrogen-bond donors (Lipinski definition) is 1. The van der Waals surface area contributed by atoms with Gasteiger partial charge in [-0.05, 0) is 18.9 Å². The highest BCUT2D eigenvalue weighted by Gasteiger charge is 2.13. The molecule has 0 fully saturated rings. The molecule has 1 aromatic heterocycles. The Morgan fingerprint density at radius 3 is 2.88 bits per heavy atom. The first-order chi connectivity index (χ1) is 7.54. The number of carboxylic acid groups (broad SMARTS) is 1. The monoisotopic (exact) mass is 243 g/mol. The van der Waals surface area contributed by atoms with Gasteiger partial charge in [-0.25, -0.2) is 4.98 Å². The number of nitrogens with zero attached hydrogens (tertiary/aromatic N) is 1. The summed E-state index contributed by atoms with van der Waals surface area (Å²) >= 11 is 5.72. The van der Waals surface area contributed by atoms with Gasteiger partial charge < -0.3 is 9.84 Å². The molecule has 0 radical (unpaired) electrons. The lowest BCUT2D eigenvalue weighted by atomic mass is 10.0. The number of halogens is 1. The fourth-order valence-electron chi connectivity index (χ4n) is 1.31. The Morgan fingerprint density at radius 1 is 1.62 bits per heavy atom. The van der Waals surface area contributed by atoms with Crippen molar-refractivity contribution in [3.8, 4) is 5.88 Å². The van der Waals surface area contributed by atoms with Crippen LogP contribution >= 0.6 is 11.6 Å². The van der Waals surface area contributed by atoms with Gasteiger partial charge in [0.15, 0.2) is 0 Å². The van der Waals surface area contributed by atoms with Crippen LogP contribution < -0.4 is 4.74 Å². The van der Waals surface area contributed by atoms with Gasteiger partial charge in [0.25, 0.3) is 0 Å². The molecule has 0 saturated carbocycles. The van der Waals surface area contributed by atoms with Crippen molar-refractivity contribution >= 4 is 17.6 Å². The van der Waals surface area contributed by atoms with Gasteiger partial charge in [-0.2, -0.15) is 0 Å². The van der Waals surface area contributed by atoms with Gasteiger partial charge in [-0.3, -0.25) is 4.79 Å². The maximum Gasteiger partial charge on any atom is 0.306 e. The third-order valence-electron chi connectivity index (χ3n) is 2.37. The third-order valence-corrected chi connectivity index (χ3v) is 2.58. The topological polar surface area (TPSA) is 59.4 Å². The molecular formula is C11H14ClNO3. The Kier molecular flexibility index (Phi) is 4.55. The Balaban J connectivity index is 2.70. The molecule has 0 aliphatic heterocycles. The molecule has 0 spiro atoms. The highest BCUT2D eigenvalue weighted by molar-refractivity contribution is 6.29. The number of hydrogen-bond acceptors (Lipinski definition) is 3. The number of ether oxygens (including phenoxy) is 1. The summed E-state index contributed by atoms with van der Waals surface area (Å²) < 4.78 is 5.08. The molecule has 0 aromatic carbocycles. The van der Waals surface area contributed by atoms with Crippen molar-refractivity contribution in [1.82, 2.24) is 4.98 Å². The standard InChI is InChI=1S/C11H14ClNO3/c1-7(11(14)15)3-4-8-5-6-9(12)13-10(8)16-2/h5-7H,3-4H2,1-2H3,(H,14,15). The molecule has 16 heavy (non-hydrogen) atoms. The van der Waals surface area contributed by atoms with Crippen LogP contribution in [0.3, 0.4) is 0 Å². The lowest BCUT2D eigenvalue weighted by molar-refractivity contribution is -0.141. The number of rotatable bonds is 5. The van der Waals surface area contributed by atoms with E-state index in [-0.39, 0.29) is 5.92 Å². The van der Waals surface area contributed by atoms with E-state index in [1.165, 1.54) is 7.11 Å². The average Bonchev–Trinajstić information content (AvgIpc) is 2.26. The Bertz CT molecular complexity index is 381. The molecular weight excluding hydrogens is 230 g/mol. The van der Waals surface area contributed by atoms with Crippen LogP contribution in [-0.2, 0) is 11.2 Å². The van der Waals surface area contributed by atoms with E-state index in [0.29, 0.717) is 23.9 Å². The van der Waals surface area contributed by atoms with Crippen LogP contribution in [0.5, 0.6) is 5.88 Å². The van der Waals surface area contributed by atoms with E-state index in [1.807, 2.05) is 6.07 Å². The van der Waals surface area contributed by atoms with Crippen LogP contribution in [0.2, 0.25) is 5.15 Å². The molecule has 0 aliphatic carbocycles. The minimum absolute atomic E-state index is 0.367. The maximum atomic E-state index is 10.7. The number of pyridine rings is 1. The molecule has 1 rings (SSSR count). The predicted molar refractivity (Wildman–Crippen MR) is 60.9 cm³/mol. The summed E-state index contributed by atoms with van der Waals surface area (Å²) in [6.07, 6.45) is 1.16. The largest absolute Gasteiger partial charge is 0.481 e. The van der Waals surface area contributed by atoms with Crippen LogP contribution in [0, 0.1) is 5.92 Å². The molecule has 0 bridgehead atoms. The third kappa shape index (κ3) is 3.38. The van der Waals surface area contributed by atoms with Crippen molar-refractivity contribution in [3.05, 3.63) is 22.8 Å². The van der Waals surface area contributed by atoms with Crippen molar-refractivity contribution in [2.24, 2.45) is 5.92 Å². The summed E-state index contributed by atoms with van der Waals surface area (Å²) in [5.74, 6) is -0.702. The van der Waals surface area contributed by atoms with Gasteiger partial charge in [0.1, 0.15) is 5.15 Å². The summed E-state index contributed by atoms with van der Waals surface area (Å²) in [5, 5.41) is 9.13. The average molecular weight is 244 g/mol. The van der Waals surface area contributed by atoms with E-state index >= 15 is 0 Å². The van der Waals surface area contributed by atoms with Crippen molar-refractivity contribution in [2.45, 2.75) is 19.8 Å². The maximum absolute atomic E-state index is 10.7. The summed E-state index contributed by atoms with van der Waals surface area (Å²) in [7, 11) is 1.52. The van der Waals surface area contributed by atoms with Gasteiger partial charge in [-0.1, -0.05) is 24.6 Å². The summed E-state index contributed by atoms with van der Waals surface area (Å²) in [4.78, 5) is 14.7. The number of aromatic nitrogens is 1. The van der Waals surface area contributed by atoms with Gasteiger partial charge >= 0.3 is 5.97 Å². The Hall–Kier alpha value is -1.29. The Labute approximate surface area is 99.2 Å². The Morgan fingerprint density at radius 2 is 2.31 bits per heavy atom. The van der Waals surface area contributed by atoms with E-state index < -0.39 is 5.97 Å². The smallest absolute Gasteiger partial charge is 0.306 e. The molecule has 1 heterocycles. The lowest BCUT2D eigenvalue weighted by Crippen LogP contribution is -2.10. The quantitative estimate of drug-likeness (QED) is 0.807. The van der Waals surface area contributed by atoms with E-state index in [4.69, 9.17) is 21.4 Å². The van der Waals surface area contributed by atoms with Crippen molar-refractivity contribution < 1.29 is 14.6 Å². The normalized spacial score (nSPS) is 12.2. The van der Waals surface area contributed by atoms with Crippen LogP contribution in [0.1, 0.15) is 18.9 Å². The molecule has 1 aromatic rings. The fraction of sp³-hybridized carbons (Fsp3) is 0.455. The highest BCUT2D eigenvalue weighted by atomic mass is 35.5. The van der Waals surface area contributed by atoms with Crippen molar-refractivity contribution in [1.29, 1.82) is 0 Å². The molecule has 5 heteroatoms. The van der Waals surface area contributed by atoms with E-state index in [0.717, 1.165) is 5.56 Å². The fourth-order valence-corrected chi connectivity index (χ4v) is 1.45. The molecule has 0 amide bonds. The molecule has 0 aliphatic rings. The number of aliphatic carboxylic acids is 1. The SMILES string of the molecule is COc1nc(Cl)ccc1CCC(C)C(=O)O. The van der Waals surface area contributed by atoms with Crippen LogP contribution in [0.15, 0.2) is 12.1 Å². The zero-order valence-electron chi connectivity index (χ0n) is 9.24. The zero-order chi connectivity index (χ0) is 12.1. The number of aryl methyl sites for hydroxylation is 1. The van der Waals surface area contributed by atoms with Gasteiger partial charge in [0, 0.05) is 5.56 Å². The van der Waals surface area contributed by atoms with Gasteiger partial charge in [-0.15, -0.1) is 0 Å². The van der Waals surface area contributed by atoms with Gasteiger partial charge in [0.2, 0.25) is 5.88 Å². The second-order valence-electron chi connectivity index (χ2n) is 3.58. The minimum Gasteiger partial charge on any atom is -0.481 e. The van der Waals surface area contributed by atoms with E-state index in [2.05, 4.69) is 4.98 Å². The molecule has 1 atom stereocenters. The highest BCUT2D eigenvalue weighted by Crippen LogP contribution is 2.21. The van der Waals surface area contributed by atoms with Crippen LogP contribution in [-0.4, -0.2) is 23.2 Å². The number of methoxy groups -OCH3 is 1. The first-order valence-corrected chi connectivity index (χ1v) is 5.34. The zero-order valence-corrected chi connectivity index (χ0v) is 9.99. The minimum atomic E-state index is -0.791. The number of carboxylic acids is 1. The number of carbonyl (C=O) groups is 1. The predicted octanol–water partition coefficient (Wildman–Crippen LogP) is 2.40. The summed E-state index contributed by atoms with van der Waals surface area (Å²) in [5.41, 5.74) is 0.875. The van der Waals surface area contributed by atoms with E-state index in [1.54, 1.807) is 13.0 Å². The van der Waals surface area contributed by atoms with Gasteiger partial charge in [0.05, 0.1) is 13.0 Å². The van der Waals surface area contributed by atoms with E-state index in [9.17, 15) is 4.79 Å². The second kappa shape index (κ2) is 5.70. The summed E-state index contributed by atoms with van der Waals surface area (Å²) in [6.45, 7) is 1.68. The summed E-state index contributed by atoms with van der Waals surface area (Å²) in [6, 6.07) is 3.48. The van der Waals surface area contributed by atoms with Crippen molar-refractivity contribution in [2.75, 3.05) is 7.11 Å². The molecule has 1 unspecified atom stereocenters. The molecule has 0 saturated heterocycles. The van der Waals surface area contributed by atoms with Crippen molar-refractivity contribution in [3.63, 3.8) is 0 Å². The second-order valence-corrected chi connectivity index (χ2v) is 3.97. The van der Waals surface area contributed by atoms with Crippen LogP contribution in [0.25, 0.3) is 0 Å². The molecule has 4 nitrogen and oxygen atoms in total. The first kappa shape index (κ1) is 12.8. The molecule has 1 N–H and O–H groups in total.